The van der Waals surface area contributed by atoms with Crippen molar-refractivity contribution in [3.8, 4) is 22.6 Å². The smallest absolute Gasteiger partial charge is 0.309 e. The van der Waals surface area contributed by atoms with E-state index in [4.69, 9.17) is 14.6 Å². The summed E-state index contributed by atoms with van der Waals surface area (Å²) in [5, 5.41) is 9.04. The lowest BCUT2D eigenvalue weighted by molar-refractivity contribution is -0.147. The van der Waals surface area contributed by atoms with Crippen LogP contribution in [0.1, 0.15) is 28.7 Å². The van der Waals surface area contributed by atoms with Crippen molar-refractivity contribution in [2.45, 2.75) is 26.4 Å². The number of carboxylic acid groups (broad SMARTS) is 1. The number of nitrogens with zero attached hydrogens (tertiary/aromatic N) is 1. The van der Waals surface area contributed by atoms with E-state index in [1.165, 1.54) is 26.5 Å². The van der Waals surface area contributed by atoms with E-state index in [1.54, 1.807) is 0 Å². The molecule has 5 nitrogen and oxygen atoms in total. The van der Waals surface area contributed by atoms with Gasteiger partial charge < -0.3 is 14.6 Å². The van der Waals surface area contributed by atoms with E-state index in [9.17, 15) is 4.79 Å². The molecule has 1 saturated heterocycles. The number of aliphatic carboxylic acids is 1. The highest BCUT2D eigenvalue weighted by Crippen LogP contribution is 2.35. The van der Waals surface area contributed by atoms with Gasteiger partial charge in [-0.3, -0.25) is 9.69 Å². The van der Waals surface area contributed by atoms with Crippen molar-refractivity contribution in [3.63, 3.8) is 0 Å². The second kappa shape index (κ2) is 10.0. The summed E-state index contributed by atoms with van der Waals surface area (Å²) in [6.07, 6.45) is 4.35. The van der Waals surface area contributed by atoms with E-state index < -0.39 is 5.97 Å². The molecule has 1 aromatic heterocycles. The van der Waals surface area contributed by atoms with Crippen LogP contribution in [0.4, 0.5) is 0 Å². The van der Waals surface area contributed by atoms with Crippen LogP contribution in [-0.4, -0.2) is 42.2 Å². The summed E-state index contributed by atoms with van der Waals surface area (Å²) in [5.41, 5.74) is 4.78. The molecule has 0 aliphatic carbocycles. The van der Waals surface area contributed by atoms with Crippen molar-refractivity contribution < 1.29 is 19.4 Å². The highest BCUT2D eigenvalue weighted by Gasteiger charge is 2.32. The monoisotopic (exact) mass is 475 g/mol. The van der Waals surface area contributed by atoms with Crippen molar-refractivity contribution >= 4 is 23.4 Å². The minimum Gasteiger partial charge on any atom is -0.488 e. The Labute approximate surface area is 204 Å². The van der Waals surface area contributed by atoms with Crippen molar-refractivity contribution in [3.05, 3.63) is 75.5 Å². The van der Waals surface area contributed by atoms with Crippen molar-refractivity contribution in [1.29, 1.82) is 0 Å². The molecule has 0 unspecified atom stereocenters. The van der Waals surface area contributed by atoms with E-state index >= 15 is 0 Å². The Balaban J connectivity index is 1.22. The molecule has 1 N–H and O–H groups in total. The standard InChI is InChI=1S/C28H29NO4S/c1-2-6-27-25(20-7-4-3-5-8-20)13-24(34-27)18-32-23-10-9-21-11-19(17-33-26(21)12-23)14-29-15-22(16-29)28(30)31/h3-5,7-13,22H,2,6,14-18H2,1H3,(H,30,31). The van der Waals surface area contributed by atoms with Gasteiger partial charge in [0.2, 0.25) is 0 Å². The van der Waals surface area contributed by atoms with Crippen LogP contribution in [-0.2, 0) is 17.8 Å². The van der Waals surface area contributed by atoms with Gasteiger partial charge in [-0.05, 0) is 47.4 Å². The van der Waals surface area contributed by atoms with E-state index in [0.29, 0.717) is 26.3 Å². The minimum absolute atomic E-state index is 0.234. The van der Waals surface area contributed by atoms with Crippen LogP contribution in [0.3, 0.4) is 0 Å². The summed E-state index contributed by atoms with van der Waals surface area (Å²) in [4.78, 5) is 15.8. The first-order valence-electron chi connectivity index (χ1n) is 11.8. The molecular weight excluding hydrogens is 446 g/mol. The molecule has 0 radical (unpaired) electrons. The second-order valence-electron chi connectivity index (χ2n) is 8.97. The lowest BCUT2D eigenvalue weighted by Gasteiger charge is -2.37. The molecule has 0 saturated carbocycles. The first-order chi connectivity index (χ1) is 16.6. The number of likely N-dealkylation sites (tertiary alicyclic amines) is 1. The van der Waals surface area contributed by atoms with E-state index in [2.05, 4.69) is 54.3 Å². The molecule has 2 aliphatic rings. The molecule has 3 aromatic rings. The van der Waals surface area contributed by atoms with Crippen molar-refractivity contribution in [2.24, 2.45) is 5.92 Å². The predicted molar refractivity (Wildman–Crippen MR) is 136 cm³/mol. The summed E-state index contributed by atoms with van der Waals surface area (Å²) < 4.78 is 12.1. The molecular formula is C28H29NO4S. The highest BCUT2D eigenvalue weighted by atomic mass is 32.1. The van der Waals surface area contributed by atoms with Gasteiger partial charge >= 0.3 is 5.97 Å². The van der Waals surface area contributed by atoms with Gasteiger partial charge in [0.25, 0.3) is 0 Å². The predicted octanol–water partition coefficient (Wildman–Crippen LogP) is 5.74. The summed E-state index contributed by atoms with van der Waals surface area (Å²) >= 11 is 1.84. The summed E-state index contributed by atoms with van der Waals surface area (Å²) in [6.45, 7) is 5.25. The first kappa shape index (κ1) is 22.7. The van der Waals surface area contributed by atoms with Crippen LogP contribution in [0.5, 0.6) is 11.5 Å². The summed E-state index contributed by atoms with van der Waals surface area (Å²) in [6, 6.07) is 18.8. The topological polar surface area (TPSA) is 59.0 Å². The fraction of sp³-hybridized carbons (Fsp3) is 0.321. The number of thiophene rings is 1. The van der Waals surface area contributed by atoms with Gasteiger partial charge in [-0.1, -0.05) is 43.7 Å². The lowest BCUT2D eigenvalue weighted by Crippen LogP contribution is -2.51. The molecule has 0 bridgehead atoms. The number of ether oxygens (including phenoxy) is 2. The van der Waals surface area contributed by atoms with Crippen molar-refractivity contribution in [2.75, 3.05) is 26.2 Å². The minimum atomic E-state index is -0.705. The zero-order chi connectivity index (χ0) is 23.5. The number of aryl methyl sites for hydroxylation is 1. The Bertz CT molecular complexity index is 1190. The Morgan fingerprint density at radius 3 is 2.76 bits per heavy atom. The van der Waals surface area contributed by atoms with Gasteiger partial charge in [-0.2, -0.15) is 0 Å². The zero-order valence-corrected chi connectivity index (χ0v) is 20.1. The average Bonchev–Trinajstić information content (AvgIpc) is 3.23. The highest BCUT2D eigenvalue weighted by molar-refractivity contribution is 7.12. The van der Waals surface area contributed by atoms with Gasteiger partial charge in [0.15, 0.2) is 0 Å². The van der Waals surface area contributed by atoms with E-state index in [-0.39, 0.29) is 5.92 Å². The normalized spacial score (nSPS) is 15.7. The Hall–Kier alpha value is -3.09. The Morgan fingerprint density at radius 2 is 2.00 bits per heavy atom. The molecule has 3 heterocycles. The largest absolute Gasteiger partial charge is 0.488 e. The maximum absolute atomic E-state index is 11.0. The molecule has 1 fully saturated rings. The van der Waals surface area contributed by atoms with E-state index in [1.807, 2.05) is 29.5 Å². The van der Waals surface area contributed by atoms with E-state index in [0.717, 1.165) is 36.4 Å². The number of carboxylic acids is 1. The second-order valence-corrected chi connectivity index (χ2v) is 10.2. The molecule has 34 heavy (non-hydrogen) atoms. The van der Waals surface area contributed by atoms with Crippen LogP contribution in [0.2, 0.25) is 0 Å². The van der Waals surface area contributed by atoms with Crippen LogP contribution >= 0.6 is 11.3 Å². The molecule has 0 amide bonds. The van der Waals surface area contributed by atoms with Crippen LogP contribution in [0.15, 0.2) is 60.2 Å². The molecule has 0 spiro atoms. The van der Waals surface area contributed by atoms with Gasteiger partial charge in [0.1, 0.15) is 24.7 Å². The molecule has 2 aromatic carbocycles. The molecule has 176 valence electrons. The fourth-order valence-corrected chi connectivity index (χ4v) is 5.70. The number of rotatable bonds is 9. The number of benzene rings is 2. The number of hydrogen-bond acceptors (Lipinski definition) is 5. The van der Waals surface area contributed by atoms with Gasteiger partial charge in [-0.15, -0.1) is 11.3 Å². The molecule has 5 rings (SSSR count). The molecule has 2 aliphatic heterocycles. The maximum atomic E-state index is 11.0. The third-order valence-electron chi connectivity index (χ3n) is 6.29. The Kier molecular flexibility index (Phi) is 6.70. The van der Waals surface area contributed by atoms with Crippen LogP contribution in [0, 0.1) is 5.92 Å². The molecule has 6 heteroatoms. The number of fused-ring (bicyclic) bond motifs is 1. The zero-order valence-electron chi connectivity index (χ0n) is 19.3. The number of hydrogen-bond donors (Lipinski definition) is 1. The SMILES string of the molecule is CCCc1sc(COc2ccc3c(c2)OCC(CN2CC(C(=O)O)C2)=C3)cc1-c1ccccc1. The maximum Gasteiger partial charge on any atom is 0.309 e. The summed E-state index contributed by atoms with van der Waals surface area (Å²) in [5.74, 6) is 0.691. The van der Waals surface area contributed by atoms with Crippen molar-refractivity contribution in [1.82, 2.24) is 4.90 Å². The lowest BCUT2D eigenvalue weighted by atomic mass is 9.98. The van der Waals surface area contributed by atoms with Gasteiger partial charge in [-0.25, -0.2) is 0 Å². The fourth-order valence-electron chi connectivity index (χ4n) is 4.50. The van der Waals surface area contributed by atoms with Gasteiger partial charge in [0.05, 0.1) is 5.92 Å². The van der Waals surface area contributed by atoms with Crippen LogP contribution in [0.25, 0.3) is 17.2 Å². The third kappa shape index (κ3) is 5.03. The summed E-state index contributed by atoms with van der Waals surface area (Å²) in [7, 11) is 0. The molecule has 0 atom stereocenters. The van der Waals surface area contributed by atoms with Crippen LogP contribution < -0.4 is 9.47 Å². The Morgan fingerprint density at radius 1 is 1.18 bits per heavy atom. The average molecular weight is 476 g/mol. The van der Waals surface area contributed by atoms with Gasteiger partial charge in [0, 0.05) is 41.0 Å². The quantitative estimate of drug-likeness (QED) is 0.428. The first-order valence-corrected chi connectivity index (χ1v) is 12.6. The third-order valence-corrected chi connectivity index (χ3v) is 7.46. The number of carbonyl (C=O) groups is 1.